The SMILES string of the molecule is C(=C/c1ccccc1-c1ccc2ccccc2c1)/c1ccccc1. The minimum atomic E-state index is 1.21. The highest BCUT2D eigenvalue weighted by molar-refractivity contribution is 5.89. The summed E-state index contributed by atoms with van der Waals surface area (Å²) in [5.74, 6) is 0. The quantitative estimate of drug-likeness (QED) is 0.370. The average molecular weight is 306 g/mol. The maximum absolute atomic E-state index is 2.27. The molecule has 0 saturated heterocycles. The number of benzene rings is 4. The molecule has 0 bridgehead atoms. The van der Waals surface area contributed by atoms with Crippen molar-refractivity contribution in [3.63, 3.8) is 0 Å². The summed E-state index contributed by atoms with van der Waals surface area (Å²) < 4.78 is 0. The van der Waals surface area contributed by atoms with Crippen LogP contribution in [0.5, 0.6) is 0 Å². The van der Waals surface area contributed by atoms with Crippen LogP contribution in [0.15, 0.2) is 97.1 Å². The van der Waals surface area contributed by atoms with Gasteiger partial charge >= 0.3 is 0 Å². The Labute approximate surface area is 142 Å². The molecule has 0 amide bonds. The fraction of sp³-hybridized carbons (Fsp3) is 0. The molecule has 114 valence electrons. The second-order valence-electron chi connectivity index (χ2n) is 5.89. The standard InChI is InChI=1S/C24H18/c1-2-8-19(9-3-1)14-15-21-11-6-7-13-24(21)23-17-16-20-10-4-5-12-22(20)18-23/h1-18H/b15-14-. The van der Waals surface area contributed by atoms with Crippen LogP contribution in [0.4, 0.5) is 0 Å². The molecule has 0 radical (unpaired) electrons. The molecule has 0 aliphatic rings. The topological polar surface area (TPSA) is 0 Å². The van der Waals surface area contributed by atoms with Crippen LogP contribution in [0.25, 0.3) is 34.1 Å². The molecule has 4 rings (SSSR count). The maximum atomic E-state index is 2.27. The zero-order valence-corrected chi connectivity index (χ0v) is 13.4. The van der Waals surface area contributed by atoms with Crippen molar-refractivity contribution in [2.75, 3.05) is 0 Å². The smallest absolute Gasteiger partial charge is 0.0111 e. The first-order valence-electron chi connectivity index (χ1n) is 8.21. The zero-order valence-electron chi connectivity index (χ0n) is 13.4. The molecule has 0 saturated carbocycles. The minimum absolute atomic E-state index is 1.21. The third-order valence-electron chi connectivity index (χ3n) is 4.28. The van der Waals surface area contributed by atoms with E-state index in [4.69, 9.17) is 0 Å². The summed E-state index contributed by atoms with van der Waals surface area (Å²) in [6, 6.07) is 34.1. The van der Waals surface area contributed by atoms with Gasteiger partial charge in [-0.25, -0.2) is 0 Å². The summed E-state index contributed by atoms with van der Waals surface area (Å²) in [7, 11) is 0. The molecule has 0 aliphatic heterocycles. The third-order valence-corrected chi connectivity index (χ3v) is 4.28. The summed E-state index contributed by atoms with van der Waals surface area (Å²) in [5.41, 5.74) is 4.96. The Bertz CT molecular complexity index is 994. The van der Waals surface area contributed by atoms with Gasteiger partial charge in [0.05, 0.1) is 0 Å². The van der Waals surface area contributed by atoms with Crippen LogP contribution in [0.1, 0.15) is 11.1 Å². The van der Waals surface area contributed by atoms with Gasteiger partial charge in [-0.3, -0.25) is 0 Å². The van der Waals surface area contributed by atoms with Crippen LogP contribution >= 0.6 is 0 Å². The van der Waals surface area contributed by atoms with Crippen molar-refractivity contribution in [3.8, 4) is 11.1 Å². The summed E-state index contributed by atoms with van der Waals surface area (Å²) in [4.78, 5) is 0. The van der Waals surface area contributed by atoms with Crippen molar-refractivity contribution in [1.82, 2.24) is 0 Å². The van der Waals surface area contributed by atoms with E-state index in [-0.39, 0.29) is 0 Å². The fourth-order valence-corrected chi connectivity index (χ4v) is 3.01. The Balaban J connectivity index is 1.76. The minimum Gasteiger partial charge on any atom is -0.0622 e. The monoisotopic (exact) mass is 306 g/mol. The first kappa shape index (κ1) is 14.5. The predicted molar refractivity (Wildman–Crippen MR) is 105 cm³/mol. The number of fused-ring (bicyclic) bond motifs is 1. The van der Waals surface area contributed by atoms with Crippen molar-refractivity contribution in [2.24, 2.45) is 0 Å². The van der Waals surface area contributed by atoms with Gasteiger partial charge in [0.2, 0.25) is 0 Å². The molecule has 0 heteroatoms. The third kappa shape index (κ3) is 3.00. The van der Waals surface area contributed by atoms with Gasteiger partial charge in [-0.05, 0) is 39.1 Å². The van der Waals surface area contributed by atoms with Crippen LogP contribution in [-0.2, 0) is 0 Å². The van der Waals surface area contributed by atoms with Gasteiger partial charge in [-0.1, -0.05) is 103 Å². The number of hydrogen-bond acceptors (Lipinski definition) is 0. The highest BCUT2D eigenvalue weighted by Gasteiger charge is 2.03. The molecular weight excluding hydrogens is 288 g/mol. The van der Waals surface area contributed by atoms with E-state index in [0.717, 1.165) is 0 Å². The van der Waals surface area contributed by atoms with Gasteiger partial charge in [0.15, 0.2) is 0 Å². The molecule has 4 aromatic rings. The van der Waals surface area contributed by atoms with Crippen molar-refractivity contribution in [1.29, 1.82) is 0 Å². The van der Waals surface area contributed by atoms with E-state index in [1.54, 1.807) is 0 Å². The Kier molecular flexibility index (Phi) is 3.95. The lowest BCUT2D eigenvalue weighted by atomic mass is 9.96. The molecule has 4 aromatic carbocycles. The van der Waals surface area contributed by atoms with Crippen LogP contribution in [0.2, 0.25) is 0 Å². The molecule has 24 heavy (non-hydrogen) atoms. The molecule has 0 aromatic heterocycles. The molecule has 0 heterocycles. The second kappa shape index (κ2) is 6.55. The van der Waals surface area contributed by atoms with Gasteiger partial charge in [-0.2, -0.15) is 0 Å². The van der Waals surface area contributed by atoms with Gasteiger partial charge in [0.1, 0.15) is 0 Å². The van der Waals surface area contributed by atoms with Crippen molar-refractivity contribution in [3.05, 3.63) is 108 Å². The Morgan fingerprint density at radius 2 is 1.21 bits per heavy atom. The average Bonchev–Trinajstić information content (AvgIpc) is 2.67. The van der Waals surface area contributed by atoms with Crippen LogP contribution < -0.4 is 0 Å². The number of rotatable bonds is 3. The lowest BCUT2D eigenvalue weighted by molar-refractivity contribution is 1.61. The molecule has 0 unspecified atom stereocenters. The van der Waals surface area contributed by atoms with Gasteiger partial charge in [-0.15, -0.1) is 0 Å². The first-order chi connectivity index (χ1) is 11.9. The molecular formula is C24H18. The summed E-state index contributed by atoms with van der Waals surface area (Å²) >= 11 is 0. The van der Waals surface area contributed by atoms with Crippen molar-refractivity contribution < 1.29 is 0 Å². The van der Waals surface area contributed by atoms with E-state index < -0.39 is 0 Å². The lowest BCUT2D eigenvalue weighted by Gasteiger charge is -2.08. The first-order valence-corrected chi connectivity index (χ1v) is 8.21. The van der Waals surface area contributed by atoms with Gasteiger partial charge in [0, 0.05) is 0 Å². The van der Waals surface area contributed by atoms with Crippen molar-refractivity contribution in [2.45, 2.75) is 0 Å². The summed E-state index contributed by atoms with van der Waals surface area (Å²) in [5, 5.41) is 2.55. The molecule has 0 fully saturated rings. The van der Waals surface area contributed by atoms with E-state index >= 15 is 0 Å². The van der Waals surface area contributed by atoms with Crippen molar-refractivity contribution >= 4 is 22.9 Å². The summed E-state index contributed by atoms with van der Waals surface area (Å²) in [6.07, 6.45) is 4.36. The molecule has 0 nitrogen and oxygen atoms in total. The highest BCUT2D eigenvalue weighted by Crippen LogP contribution is 2.28. The van der Waals surface area contributed by atoms with E-state index in [1.165, 1.54) is 33.0 Å². The van der Waals surface area contributed by atoms with Crippen LogP contribution in [-0.4, -0.2) is 0 Å². The fourth-order valence-electron chi connectivity index (χ4n) is 3.01. The van der Waals surface area contributed by atoms with E-state index in [2.05, 4.69) is 103 Å². The zero-order chi connectivity index (χ0) is 16.2. The Morgan fingerprint density at radius 1 is 0.500 bits per heavy atom. The predicted octanol–water partition coefficient (Wildman–Crippen LogP) is 6.68. The second-order valence-corrected chi connectivity index (χ2v) is 5.89. The van der Waals surface area contributed by atoms with Crippen LogP contribution in [0.3, 0.4) is 0 Å². The largest absolute Gasteiger partial charge is 0.0622 e. The van der Waals surface area contributed by atoms with Gasteiger partial charge in [0.25, 0.3) is 0 Å². The molecule has 0 aliphatic carbocycles. The molecule has 0 atom stereocenters. The van der Waals surface area contributed by atoms with E-state index in [1.807, 2.05) is 6.07 Å². The molecule has 0 spiro atoms. The molecule has 0 N–H and O–H groups in total. The Hall–Kier alpha value is -3.12. The number of hydrogen-bond donors (Lipinski definition) is 0. The van der Waals surface area contributed by atoms with Crippen LogP contribution in [0, 0.1) is 0 Å². The Morgan fingerprint density at radius 3 is 2.08 bits per heavy atom. The van der Waals surface area contributed by atoms with E-state index in [9.17, 15) is 0 Å². The normalized spacial score (nSPS) is 11.2. The highest BCUT2D eigenvalue weighted by atomic mass is 14.1. The van der Waals surface area contributed by atoms with E-state index in [0.29, 0.717) is 0 Å². The van der Waals surface area contributed by atoms with Gasteiger partial charge < -0.3 is 0 Å². The maximum Gasteiger partial charge on any atom is -0.0111 e. The lowest BCUT2D eigenvalue weighted by Crippen LogP contribution is -1.83. The summed E-state index contributed by atoms with van der Waals surface area (Å²) in [6.45, 7) is 0.